The molecule has 0 fully saturated rings. The summed E-state index contributed by atoms with van der Waals surface area (Å²) in [5.74, 6) is -2.28. The van der Waals surface area contributed by atoms with Crippen LogP contribution in [0.25, 0.3) is 11.2 Å². The van der Waals surface area contributed by atoms with E-state index in [-0.39, 0.29) is 19.0 Å². The van der Waals surface area contributed by atoms with E-state index >= 15 is 0 Å². The molecule has 1 unspecified atom stereocenters. The van der Waals surface area contributed by atoms with Crippen LogP contribution in [0.4, 0.5) is 15.4 Å². The fourth-order valence-corrected chi connectivity index (χ4v) is 3.62. The van der Waals surface area contributed by atoms with Crippen molar-refractivity contribution in [3.63, 3.8) is 0 Å². The summed E-state index contributed by atoms with van der Waals surface area (Å²) in [5, 5.41) is 15.6. The van der Waals surface area contributed by atoms with E-state index in [0.29, 0.717) is 23.3 Å². The third kappa shape index (κ3) is 14.4. The van der Waals surface area contributed by atoms with Crippen molar-refractivity contribution < 1.29 is 66.7 Å². The lowest BCUT2D eigenvalue weighted by molar-refractivity contribution is -0.134. The second-order valence-electron chi connectivity index (χ2n) is 7.94. The fraction of sp³-hybridized carbons (Fsp3) is 0.500. The second kappa shape index (κ2) is 18.2. The zero-order valence-electron chi connectivity index (χ0n) is 23.1. The minimum atomic E-state index is -4.04. The van der Waals surface area contributed by atoms with Gasteiger partial charge in [0.15, 0.2) is 11.5 Å². The molecule has 0 aliphatic rings. The van der Waals surface area contributed by atoms with Gasteiger partial charge in [-0.3, -0.25) is 13.6 Å². The van der Waals surface area contributed by atoms with Gasteiger partial charge in [-0.25, -0.2) is 34.1 Å². The number of rotatable bonds is 15. The van der Waals surface area contributed by atoms with E-state index < -0.39 is 64.0 Å². The van der Waals surface area contributed by atoms with Crippen LogP contribution in [0.3, 0.4) is 0 Å². The van der Waals surface area contributed by atoms with Crippen LogP contribution in [0.2, 0.25) is 0 Å². The van der Waals surface area contributed by atoms with Gasteiger partial charge in [0.2, 0.25) is 13.6 Å². The summed E-state index contributed by atoms with van der Waals surface area (Å²) < 4.78 is 49.2. The summed E-state index contributed by atoms with van der Waals surface area (Å²) in [4.78, 5) is 54.1. The van der Waals surface area contributed by atoms with Crippen molar-refractivity contribution in [3.05, 3.63) is 24.8 Å². The molecule has 0 saturated heterocycles. The van der Waals surface area contributed by atoms with Gasteiger partial charge in [-0.2, -0.15) is 0 Å². The minimum absolute atomic E-state index is 0.0823. The molecule has 0 saturated carbocycles. The summed E-state index contributed by atoms with van der Waals surface area (Å²) in [5.41, 5.74) is 6.72. The van der Waals surface area contributed by atoms with Crippen molar-refractivity contribution in [3.8, 4) is 0 Å². The molecule has 2 rings (SSSR count). The number of carbonyl (C=O) groups excluding carboxylic acids is 2. The molecular weight excluding hydrogens is 589 g/mol. The lowest BCUT2D eigenvalue weighted by atomic mass is 10.4. The number of nitrogens with two attached hydrogens (primary N) is 1. The Morgan fingerprint density at radius 1 is 0.976 bits per heavy atom. The molecule has 0 spiro atoms. The van der Waals surface area contributed by atoms with Gasteiger partial charge < -0.3 is 44.2 Å². The minimum Gasteiger partial charge on any atom is -0.478 e. The van der Waals surface area contributed by atoms with E-state index in [1.165, 1.54) is 12.7 Å². The SMILES string of the molecule is CCOC(=O)OCOP(=O)(CO[C@H](C)Cn1cnc2c(N)ncnc21)OCOC(=O)OC(C)C.O=C(O)/C=C/C(=O)O. The average Bonchev–Trinajstić information content (AvgIpc) is 3.30. The Hall–Kier alpha value is -4.32. The molecule has 2 aromatic heterocycles. The Kier molecular flexibility index (Phi) is 15.5. The topological polar surface area (TPSA) is 260 Å². The van der Waals surface area contributed by atoms with Crippen LogP contribution in [-0.4, -0.2) is 92.7 Å². The van der Waals surface area contributed by atoms with Gasteiger partial charge in [0.1, 0.15) is 18.2 Å². The summed E-state index contributed by atoms with van der Waals surface area (Å²) >= 11 is 0. The normalized spacial score (nSPS) is 13.1. The Morgan fingerprint density at radius 3 is 2.12 bits per heavy atom. The average molecular weight is 621 g/mol. The first-order valence-corrected chi connectivity index (χ1v) is 13.7. The fourth-order valence-electron chi connectivity index (χ4n) is 2.53. The van der Waals surface area contributed by atoms with Gasteiger partial charge >= 0.3 is 31.8 Å². The monoisotopic (exact) mass is 621 g/mol. The van der Waals surface area contributed by atoms with Gasteiger partial charge in [-0.1, -0.05) is 0 Å². The molecule has 0 aliphatic heterocycles. The van der Waals surface area contributed by atoms with Crippen LogP contribution in [0.5, 0.6) is 0 Å². The molecule has 42 heavy (non-hydrogen) atoms. The molecule has 2 atom stereocenters. The molecule has 4 N–H and O–H groups in total. The van der Waals surface area contributed by atoms with Crippen LogP contribution in [0.1, 0.15) is 27.7 Å². The van der Waals surface area contributed by atoms with Gasteiger partial charge in [-0.15, -0.1) is 0 Å². The number of aromatic nitrogens is 4. The number of anilines is 1. The smallest absolute Gasteiger partial charge is 0.478 e. The quantitative estimate of drug-likeness (QED) is 0.111. The van der Waals surface area contributed by atoms with Crippen LogP contribution >= 0.6 is 7.60 Å². The summed E-state index contributed by atoms with van der Waals surface area (Å²) in [7, 11) is -4.04. The van der Waals surface area contributed by atoms with Crippen molar-refractivity contribution in [2.45, 2.75) is 46.4 Å². The number of carboxylic acids is 2. The highest BCUT2D eigenvalue weighted by Crippen LogP contribution is 2.48. The third-order valence-corrected chi connectivity index (χ3v) is 5.68. The van der Waals surface area contributed by atoms with Crippen LogP contribution < -0.4 is 5.73 Å². The summed E-state index contributed by atoms with van der Waals surface area (Å²) in [6.07, 6.45) is 0.413. The molecule has 2 heterocycles. The number of fused-ring (bicyclic) bond motifs is 1. The molecule has 19 nitrogen and oxygen atoms in total. The molecule has 234 valence electrons. The van der Waals surface area contributed by atoms with E-state index in [1.807, 2.05) is 0 Å². The van der Waals surface area contributed by atoms with Crippen molar-refractivity contribution >= 4 is 48.8 Å². The number of hydrogen-bond donors (Lipinski definition) is 3. The highest BCUT2D eigenvalue weighted by Gasteiger charge is 2.28. The third-order valence-electron chi connectivity index (χ3n) is 4.22. The molecule has 0 amide bonds. The van der Waals surface area contributed by atoms with E-state index in [9.17, 15) is 23.7 Å². The zero-order chi connectivity index (χ0) is 31.7. The number of ether oxygens (including phenoxy) is 5. The van der Waals surface area contributed by atoms with Gasteiger partial charge in [-0.05, 0) is 27.7 Å². The zero-order valence-corrected chi connectivity index (χ0v) is 24.0. The van der Waals surface area contributed by atoms with Gasteiger partial charge in [0.05, 0.1) is 31.7 Å². The first kappa shape index (κ1) is 35.7. The first-order chi connectivity index (χ1) is 19.8. The number of aliphatic carboxylic acids is 2. The molecule has 20 heteroatoms. The molecular formula is C22H32N5O14P. The Balaban J connectivity index is 0.000000962. The van der Waals surface area contributed by atoms with Crippen molar-refractivity contribution in [1.29, 1.82) is 0 Å². The molecule has 0 radical (unpaired) electrons. The Bertz CT molecular complexity index is 1250. The number of imidazole rings is 1. The highest BCUT2D eigenvalue weighted by molar-refractivity contribution is 7.53. The maximum Gasteiger partial charge on any atom is 0.510 e. The highest BCUT2D eigenvalue weighted by atomic mass is 31.2. The Labute approximate surface area is 239 Å². The molecule has 0 aromatic carbocycles. The number of nitrogens with zero attached hydrogens (tertiary/aromatic N) is 4. The van der Waals surface area contributed by atoms with Gasteiger partial charge in [0.25, 0.3) is 0 Å². The number of hydrogen-bond acceptors (Lipinski definition) is 16. The van der Waals surface area contributed by atoms with E-state index in [2.05, 4.69) is 24.4 Å². The van der Waals surface area contributed by atoms with E-state index in [4.69, 9.17) is 39.2 Å². The standard InChI is InChI=1S/C18H28N5O10P.C4H4O4/c1-5-27-17(24)28-9-31-34(26,32-10-29-18(25)33-12(2)3)11-30-13(4)6-23-8-22-14-15(19)20-7-21-16(14)23;5-3(6)1-2-4(7)8/h7-8,12-13H,5-6,9-11H2,1-4H3,(H2,19,20,21);1-2H,(H,5,6)(H,7,8)/b;2-1+/t13-,34?;/m1./s1. The van der Waals surface area contributed by atoms with Crippen molar-refractivity contribution in [2.24, 2.45) is 0 Å². The predicted octanol–water partition coefficient (Wildman–Crippen LogP) is 2.36. The summed E-state index contributed by atoms with van der Waals surface area (Å²) in [6, 6.07) is 0. The maximum atomic E-state index is 13.0. The Morgan fingerprint density at radius 2 is 1.57 bits per heavy atom. The van der Waals surface area contributed by atoms with Crippen LogP contribution in [0.15, 0.2) is 24.8 Å². The molecule has 0 bridgehead atoms. The lowest BCUT2D eigenvalue weighted by Crippen LogP contribution is -2.20. The van der Waals surface area contributed by atoms with Gasteiger partial charge in [0, 0.05) is 12.2 Å². The number of carbonyl (C=O) groups is 4. The molecule has 2 aromatic rings. The lowest BCUT2D eigenvalue weighted by Gasteiger charge is -2.21. The number of nitrogen functional groups attached to an aromatic ring is 1. The molecule has 0 aliphatic carbocycles. The van der Waals surface area contributed by atoms with Crippen molar-refractivity contribution in [1.82, 2.24) is 19.5 Å². The second-order valence-corrected chi connectivity index (χ2v) is 9.93. The van der Waals surface area contributed by atoms with Crippen LogP contribution in [-0.2, 0) is 53.4 Å². The van der Waals surface area contributed by atoms with Crippen LogP contribution in [0, 0.1) is 0 Å². The predicted molar refractivity (Wildman–Crippen MR) is 140 cm³/mol. The summed E-state index contributed by atoms with van der Waals surface area (Å²) in [6.45, 7) is 5.40. The largest absolute Gasteiger partial charge is 0.510 e. The first-order valence-electron chi connectivity index (χ1n) is 11.9. The maximum absolute atomic E-state index is 13.0. The van der Waals surface area contributed by atoms with E-state index in [1.54, 1.807) is 32.3 Å². The number of carboxylic acid groups (broad SMARTS) is 2. The van der Waals surface area contributed by atoms with E-state index in [0.717, 1.165) is 0 Å². The van der Waals surface area contributed by atoms with Crippen molar-refractivity contribution in [2.75, 3.05) is 32.3 Å².